The zero-order valence-corrected chi connectivity index (χ0v) is 9.76. The Hall–Kier alpha value is -1.22. The monoisotopic (exact) mass is 222 g/mol. The Labute approximate surface area is 94.3 Å². The molecular formula is C12H14O2S. The summed E-state index contributed by atoms with van der Waals surface area (Å²) >= 11 is 1.68. The van der Waals surface area contributed by atoms with Crippen LogP contribution in [0.5, 0.6) is 0 Å². The zero-order valence-electron chi connectivity index (χ0n) is 8.95. The Kier molecular flexibility index (Phi) is 4.43. The van der Waals surface area contributed by atoms with Crippen molar-refractivity contribution in [1.82, 2.24) is 0 Å². The lowest BCUT2D eigenvalue weighted by atomic mass is 10.2. The summed E-state index contributed by atoms with van der Waals surface area (Å²) in [6.07, 6.45) is 2.02. The molecule has 0 atom stereocenters. The number of esters is 1. The molecule has 1 aromatic carbocycles. The van der Waals surface area contributed by atoms with Gasteiger partial charge in [0.15, 0.2) is 0 Å². The molecule has 0 aliphatic rings. The predicted octanol–water partition coefficient (Wildman–Crippen LogP) is 3.03. The summed E-state index contributed by atoms with van der Waals surface area (Å²) in [6, 6.07) is 7.93. The van der Waals surface area contributed by atoms with Crippen molar-refractivity contribution in [2.45, 2.75) is 18.4 Å². The second-order valence-electron chi connectivity index (χ2n) is 3.20. The fourth-order valence-electron chi connectivity index (χ4n) is 0.994. The van der Waals surface area contributed by atoms with Gasteiger partial charge >= 0.3 is 5.97 Å². The van der Waals surface area contributed by atoms with Crippen LogP contribution in [-0.4, -0.2) is 12.2 Å². The Balaban J connectivity index is 2.51. The van der Waals surface area contributed by atoms with Crippen LogP contribution in [0.2, 0.25) is 0 Å². The molecule has 0 aliphatic heterocycles. The van der Waals surface area contributed by atoms with Crippen LogP contribution in [0.25, 0.3) is 0 Å². The third-order valence-electron chi connectivity index (χ3n) is 1.88. The Morgan fingerprint density at radius 2 is 2.00 bits per heavy atom. The molecule has 1 rings (SSSR count). The highest BCUT2D eigenvalue weighted by Crippen LogP contribution is 2.15. The van der Waals surface area contributed by atoms with Crippen LogP contribution in [0.4, 0.5) is 0 Å². The number of hydrogen-bond acceptors (Lipinski definition) is 3. The minimum absolute atomic E-state index is 0.306. The maximum atomic E-state index is 11.1. The average Bonchev–Trinajstić information content (AvgIpc) is 2.26. The van der Waals surface area contributed by atoms with E-state index in [9.17, 15) is 4.79 Å². The minimum Gasteiger partial charge on any atom is -0.457 e. The number of thioether (sulfide) groups is 1. The van der Waals surface area contributed by atoms with Gasteiger partial charge < -0.3 is 4.74 Å². The summed E-state index contributed by atoms with van der Waals surface area (Å²) in [5.74, 6) is -0.344. The molecule has 0 amide bonds. The van der Waals surface area contributed by atoms with E-state index in [1.54, 1.807) is 18.7 Å². The second kappa shape index (κ2) is 5.61. The summed E-state index contributed by atoms with van der Waals surface area (Å²) in [5.41, 5.74) is 1.41. The summed E-state index contributed by atoms with van der Waals surface area (Å²) in [5, 5.41) is 0. The Morgan fingerprint density at radius 1 is 1.40 bits per heavy atom. The molecule has 0 heterocycles. The first kappa shape index (κ1) is 11.9. The quantitative estimate of drug-likeness (QED) is 0.445. The van der Waals surface area contributed by atoms with Crippen LogP contribution in [0, 0.1) is 0 Å². The number of carbonyl (C=O) groups is 1. The molecule has 0 radical (unpaired) electrons. The van der Waals surface area contributed by atoms with Gasteiger partial charge in [-0.15, -0.1) is 11.8 Å². The summed E-state index contributed by atoms with van der Waals surface area (Å²) in [7, 11) is 0. The first-order chi connectivity index (χ1) is 7.13. The van der Waals surface area contributed by atoms with E-state index in [4.69, 9.17) is 4.74 Å². The number of hydrogen-bond donors (Lipinski definition) is 0. The molecule has 0 spiro atoms. The van der Waals surface area contributed by atoms with E-state index in [0.717, 1.165) is 5.56 Å². The molecule has 0 aromatic heterocycles. The van der Waals surface area contributed by atoms with E-state index in [-0.39, 0.29) is 5.97 Å². The first-order valence-corrected chi connectivity index (χ1v) is 5.81. The lowest BCUT2D eigenvalue weighted by molar-refractivity contribution is -0.140. The van der Waals surface area contributed by atoms with Crippen molar-refractivity contribution in [1.29, 1.82) is 0 Å². The lowest BCUT2D eigenvalue weighted by Crippen LogP contribution is -2.04. The third-order valence-corrected chi connectivity index (χ3v) is 2.62. The number of carbonyl (C=O) groups excluding carboxylic acids is 1. The van der Waals surface area contributed by atoms with Gasteiger partial charge in [-0.2, -0.15) is 0 Å². The largest absolute Gasteiger partial charge is 0.457 e. The molecule has 1 aromatic rings. The van der Waals surface area contributed by atoms with Gasteiger partial charge in [0.25, 0.3) is 0 Å². The van der Waals surface area contributed by atoms with Gasteiger partial charge in [0, 0.05) is 10.5 Å². The van der Waals surface area contributed by atoms with Crippen LogP contribution in [0.1, 0.15) is 12.5 Å². The van der Waals surface area contributed by atoms with Crippen molar-refractivity contribution in [2.75, 3.05) is 6.26 Å². The van der Waals surface area contributed by atoms with E-state index in [1.165, 1.54) is 4.90 Å². The molecule has 0 saturated carbocycles. The lowest BCUT2D eigenvalue weighted by Gasteiger charge is -2.04. The predicted molar refractivity (Wildman–Crippen MR) is 62.8 cm³/mol. The standard InChI is InChI=1S/C12H14O2S/c1-9(2)12(13)14-8-10-4-6-11(15-3)7-5-10/h4-7H,1,8H2,2-3H3. The van der Waals surface area contributed by atoms with Gasteiger partial charge in [0.2, 0.25) is 0 Å². The van der Waals surface area contributed by atoms with Gasteiger partial charge in [-0.3, -0.25) is 0 Å². The molecule has 3 heteroatoms. The van der Waals surface area contributed by atoms with Gasteiger partial charge in [0.05, 0.1) is 0 Å². The maximum Gasteiger partial charge on any atom is 0.333 e. The second-order valence-corrected chi connectivity index (χ2v) is 4.08. The van der Waals surface area contributed by atoms with Crippen molar-refractivity contribution >= 4 is 17.7 Å². The van der Waals surface area contributed by atoms with Crippen LogP contribution in [0.3, 0.4) is 0 Å². The topological polar surface area (TPSA) is 26.3 Å². The smallest absolute Gasteiger partial charge is 0.333 e. The third kappa shape index (κ3) is 3.80. The molecule has 80 valence electrons. The van der Waals surface area contributed by atoms with E-state index < -0.39 is 0 Å². The SMILES string of the molecule is C=C(C)C(=O)OCc1ccc(SC)cc1. The van der Waals surface area contributed by atoms with Crippen LogP contribution >= 0.6 is 11.8 Å². The van der Waals surface area contributed by atoms with Gasteiger partial charge in [-0.05, 0) is 30.9 Å². The van der Waals surface area contributed by atoms with Crippen molar-refractivity contribution in [3.63, 3.8) is 0 Å². The molecule has 0 saturated heterocycles. The molecule has 0 bridgehead atoms. The molecule has 15 heavy (non-hydrogen) atoms. The summed E-state index contributed by atoms with van der Waals surface area (Å²) < 4.78 is 5.02. The fourth-order valence-corrected chi connectivity index (χ4v) is 1.40. The minimum atomic E-state index is -0.344. The number of rotatable bonds is 4. The number of benzene rings is 1. The summed E-state index contributed by atoms with van der Waals surface area (Å²) in [4.78, 5) is 12.3. The molecular weight excluding hydrogens is 208 g/mol. The van der Waals surface area contributed by atoms with Gasteiger partial charge in [0.1, 0.15) is 6.61 Å². The first-order valence-electron chi connectivity index (χ1n) is 4.59. The summed E-state index contributed by atoms with van der Waals surface area (Å²) in [6.45, 7) is 5.46. The van der Waals surface area contributed by atoms with Crippen LogP contribution < -0.4 is 0 Å². The van der Waals surface area contributed by atoms with Crippen molar-refractivity contribution in [2.24, 2.45) is 0 Å². The fraction of sp³-hybridized carbons (Fsp3) is 0.250. The van der Waals surface area contributed by atoms with Crippen molar-refractivity contribution < 1.29 is 9.53 Å². The molecule has 0 aliphatic carbocycles. The van der Waals surface area contributed by atoms with Crippen LogP contribution in [-0.2, 0) is 16.1 Å². The highest BCUT2D eigenvalue weighted by molar-refractivity contribution is 7.98. The molecule has 2 nitrogen and oxygen atoms in total. The van der Waals surface area contributed by atoms with Gasteiger partial charge in [-0.1, -0.05) is 18.7 Å². The van der Waals surface area contributed by atoms with Gasteiger partial charge in [-0.25, -0.2) is 4.79 Å². The number of ether oxygens (including phenoxy) is 1. The maximum absolute atomic E-state index is 11.1. The van der Waals surface area contributed by atoms with E-state index in [0.29, 0.717) is 12.2 Å². The van der Waals surface area contributed by atoms with E-state index in [1.807, 2.05) is 30.5 Å². The van der Waals surface area contributed by atoms with E-state index in [2.05, 4.69) is 6.58 Å². The average molecular weight is 222 g/mol. The normalized spacial score (nSPS) is 9.73. The van der Waals surface area contributed by atoms with E-state index >= 15 is 0 Å². The molecule has 0 N–H and O–H groups in total. The molecule has 0 fully saturated rings. The van der Waals surface area contributed by atoms with Crippen molar-refractivity contribution in [3.05, 3.63) is 42.0 Å². The Morgan fingerprint density at radius 3 is 2.47 bits per heavy atom. The van der Waals surface area contributed by atoms with Crippen molar-refractivity contribution in [3.8, 4) is 0 Å². The zero-order chi connectivity index (χ0) is 11.3. The highest BCUT2D eigenvalue weighted by atomic mass is 32.2. The highest BCUT2D eigenvalue weighted by Gasteiger charge is 2.03. The Bertz CT molecular complexity index is 354. The van der Waals surface area contributed by atoms with Crippen LogP contribution in [0.15, 0.2) is 41.3 Å². The molecule has 0 unspecified atom stereocenters.